The molecule has 1 aromatic carbocycles. The number of rotatable bonds is 3. The summed E-state index contributed by atoms with van der Waals surface area (Å²) in [4.78, 5) is 14.9. The summed E-state index contributed by atoms with van der Waals surface area (Å²) in [5, 5.41) is 7.40. The second-order valence-corrected chi connectivity index (χ2v) is 8.32. The highest BCUT2D eigenvalue weighted by Crippen LogP contribution is 2.36. The van der Waals surface area contributed by atoms with Crippen LogP contribution in [0.25, 0.3) is 21.1 Å². The Morgan fingerprint density at radius 1 is 1.07 bits per heavy atom. The number of halogens is 1. The van der Waals surface area contributed by atoms with Gasteiger partial charge in [0.05, 0.1) is 16.6 Å². The Hall–Kier alpha value is -2.22. The number of aromatic nitrogens is 4. The Morgan fingerprint density at radius 3 is 2.70 bits per heavy atom. The van der Waals surface area contributed by atoms with E-state index >= 15 is 0 Å². The minimum Gasteiger partial charge on any atom is -0.353 e. The lowest BCUT2D eigenvalue weighted by molar-refractivity contribution is 0.251. The molecule has 0 unspecified atom stereocenters. The van der Waals surface area contributed by atoms with Crippen LogP contribution in [0.5, 0.6) is 0 Å². The highest BCUT2D eigenvalue weighted by atomic mass is 35.5. The van der Waals surface area contributed by atoms with E-state index in [9.17, 15) is 0 Å². The van der Waals surface area contributed by atoms with Gasteiger partial charge >= 0.3 is 0 Å². The van der Waals surface area contributed by atoms with Gasteiger partial charge in [0, 0.05) is 54.7 Å². The number of hydrogen-bond donors (Lipinski definition) is 0. The lowest BCUT2D eigenvalue weighted by Gasteiger charge is -2.35. The van der Waals surface area contributed by atoms with Crippen molar-refractivity contribution in [3.05, 3.63) is 46.7 Å². The van der Waals surface area contributed by atoms with Gasteiger partial charge in [-0.2, -0.15) is 5.10 Å². The number of aryl methyl sites for hydroxylation is 1. The van der Waals surface area contributed by atoms with E-state index in [1.165, 1.54) is 9.58 Å². The second kappa shape index (κ2) is 6.74. The standard InChI is InChI=1S/C19H19ClN6S/c1-24-18-14(10-23-24)19(22-12-21-18)26-8-6-25(7-9-26)11-16-17(20)13-4-2-3-5-15(13)27-16/h2-5,10,12H,6-9,11H2,1H3. The van der Waals surface area contributed by atoms with Gasteiger partial charge in [-0.15, -0.1) is 11.3 Å². The number of anilines is 1. The first-order valence-electron chi connectivity index (χ1n) is 8.96. The summed E-state index contributed by atoms with van der Waals surface area (Å²) in [6.45, 7) is 4.73. The first-order chi connectivity index (χ1) is 13.2. The zero-order valence-corrected chi connectivity index (χ0v) is 16.5. The molecule has 4 aromatic rings. The molecule has 0 bridgehead atoms. The molecule has 6 nitrogen and oxygen atoms in total. The molecule has 1 fully saturated rings. The van der Waals surface area contributed by atoms with Crippen LogP contribution < -0.4 is 4.90 Å². The number of hydrogen-bond acceptors (Lipinski definition) is 6. The lowest BCUT2D eigenvalue weighted by atomic mass is 10.2. The van der Waals surface area contributed by atoms with Crippen molar-refractivity contribution in [2.24, 2.45) is 7.05 Å². The highest BCUT2D eigenvalue weighted by Gasteiger charge is 2.22. The molecule has 1 saturated heterocycles. The van der Waals surface area contributed by atoms with E-state index in [0.717, 1.165) is 60.0 Å². The number of nitrogens with zero attached hydrogens (tertiary/aromatic N) is 6. The van der Waals surface area contributed by atoms with E-state index in [-0.39, 0.29) is 0 Å². The van der Waals surface area contributed by atoms with Crippen molar-refractivity contribution in [1.29, 1.82) is 0 Å². The fourth-order valence-corrected chi connectivity index (χ4v) is 5.22. The SMILES string of the molecule is Cn1ncc2c(N3CCN(Cc4sc5ccccc5c4Cl)CC3)ncnc21. The Bertz CT molecular complexity index is 1110. The lowest BCUT2D eigenvalue weighted by Crippen LogP contribution is -2.46. The van der Waals surface area contributed by atoms with Crippen LogP contribution in [0.2, 0.25) is 5.02 Å². The Balaban J connectivity index is 1.32. The smallest absolute Gasteiger partial charge is 0.163 e. The summed E-state index contributed by atoms with van der Waals surface area (Å²) < 4.78 is 3.05. The van der Waals surface area contributed by atoms with Gasteiger partial charge in [-0.05, 0) is 6.07 Å². The van der Waals surface area contributed by atoms with Gasteiger partial charge in [-0.3, -0.25) is 9.58 Å². The molecule has 0 amide bonds. The summed E-state index contributed by atoms with van der Waals surface area (Å²) in [6.07, 6.45) is 3.48. The molecule has 8 heteroatoms. The largest absolute Gasteiger partial charge is 0.353 e. The maximum absolute atomic E-state index is 6.62. The number of benzene rings is 1. The van der Waals surface area contributed by atoms with E-state index in [4.69, 9.17) is 11.6 Å². The van der Waals surface area contributed by atoms with Crippen molar-refractivity contribution >= 4 is 49.9 Å². The third-order valence-electron chi connectivity index (χ3n) is 5.15. The topological polar surface area (TPSA) is 50.1 Å². The second-order valence-electron chi connectivity index (χ2n) is 6.80. The Morgan fingerprint density at radius 2 is 1.89 bits per heavy atom. The molecule has 3 aromatic heterocycles. The molecule has 4 heterocycles. The Kier molecular flexibility index (Phi) is 4.22. The van der Waals surface area contributed by atoms with Crippen LogP contribution in [0.4, 0.5) is 5.82 Å². The van der Waals surface area contributed by atoms with Gasteiger partial charge < -0.3 is 4.90 Å². The zero-order chi connectivity index (χ0) is 18.4. The summed E-state index contributed by atoms with van der Waals surface area (Å²) in [6, 6.07) is 8.36. The molecule has 0 saturated carbocycles. The zero-order valence-electron chi connectivity index (χ0n) is 15.0. The van der Waals surface area contributed by atoms with Crippen molar-refractivity contribution in [2.75, 3.05) is 31.1 Å². The van der Waals surface area contributed by atoms with E-state index in [1.54, 1.807) is 22.3 Å². The van der Waals surface area contributed by atoms with Gasteiger partial charge in [-0.1, -0.05) is 29.8 Å². The average molecular weight is 399 g/mol. The maximum atomic E-state index is 6.62. The van der Waals surface area contributed by atoms with Gasteiger partial charge in [0.1, 0.15) is 12.1 Å². The number of fused-ring (bicyclic) bond motifs is 2. The first-order valence-corrected chi connectivity index (χ1v) is 10.2. The third-order valence-corrected chi connectivity index (χ3v) is 6.85. The number of piperazine rings is 1. The molecule has 138 valence electrons. The summed E-state index contributed by atoms with van der Waals surface area (Å²) >= 11 is 8.42. The van der Waals surface area contributed by atoms with Gasteiger partial charge in [0.2, 0.25) is 0 Å². The van der Waals surface area contributed by atoms with Crippen molar-refractivity contribution < 1.29 is 0 Å². The van der Waals surface area contributed by atoms with Crippen molar-refractivity contribution in [3.63, 3.8) is 0 Å². The number of thiophene rings is 1. The molecular formula is C19H19ClN6S. The molecule has 0 aliphatic carbocycles. The van der Waals surface area contributed by atoms with Gasteiger partial charge in [0.25, 0.3) is 0 Å². The summed E-state index contributed by atoms with van der Waals surface area (Å²) in [7, 11) is 1.91. The minimum atomic E-state index is 0.875. The molecule has 0 spiro atoms. The highest BCUT2D eigenvalue weighted by molar-refractivity contribution is 7.19. The van der Waals surface area contributed by atoms with Crippen LogP contribution >= 0.6 is 22.9 Å². The minimum absolute atomic E-state index is 0.875. The molecule has 1 aliphatic rings. The van der Waals surface area contributed by atoms with Crippen LogP contribution in [0.15, 0.2) is 36.8 Å². The van der Waals surface area contributed by atoms with Crippen LogP contribution in [0.3, 0.4) is 0 Å². The van der Waals surface area contributed by atoms with Crippen LogP contribution in [-0.4, -0.2) is 50.8 Å². The van der Waals surface area contributed by atoms with E-state index in [1.807, 2.05) is 19.3 Å². The van der Waals surface area contributed by atoms with Crippen molar-refractivity contribution in [2.45, 2.75) is 6.54 Å². The summed E-state index contributed by atoms with van der Waals surface area (Å²) in [5.74, 6) is 0.979. The molecule has 27 heavy (non-hydrogen) atoms. The normalized spacial score (nSPS) is 15.9. The van der Waals surface area contributed by atoms with E-state index in [0.29, 0.717) is 0 Å². The maximum Gasteiger partial charge on any atom is 0.163 e. The fourth-order valence-electron chi connectivity index (χ4n) is 3.69. The predicted octanol–water partition coefficient (Wildman–Crippen LogP) is 3.55. The summed E-state index contributed by atoms with van der Waals surface area (Å²) in [5.41, 5.74) is 0.875. The molecule has 0 radical (unpaired) electrons. The fraction of sp³-hybridized carbons (Fsp3) is 0.316. The average Bonchev–Trinajstić information content (AvgIpc) is 3.23. The molecule has 0 N–H and O–H groups in total. The van der Waals surface area contributed by atoms with Crippen LogP contribution in [-0.2, 0) is 13.6 Å². The van der Waals surface area contributed by atoms with Crippen LogP contribution in [0.1, 0.15) is 4.88 Å². The monoisotopic (exact) mass is 398 g/mol. The van der Waals surface area contributed by atoms with Gasteiger partial charge in [0.15, 0.2) is 5.65 Å². The molecule has 5 rings (SSSR count). The first kappa shape index (κ1) is 16.9. The quantitative estimate of drug-likeness (QED) is 0.528. The van der Waals surface area contributed by atoms with Gasteiger partial charge in [-0.25, -0.2) is 9.97 Å². The molecule has 1 aliphatic heterocycles. The molecular weight excluding hydrogens is 380 g/mol. The van der Waals surface area contributed by atoms with E-state index < -0.39 is 0 Å². The Labute approximate surface area is 166 Å². The van der Waals surface area contributed by atoms with Crippen molar-refractivity contribution in [3.8, 4) is 0 Å². The predicted molar refractivity (Wildman–Crippen MR) is 111 cm³/mol. The van der Waals surface area contributed by atoms with Crippen LogP contribution in [0, 0.1) is 0 Å². The third kappa shape index (κ3) is 2.96. The van der Waals surface area contributed by atoms with E-state index in [2.05, 4.69) is 43.1 Å². The molecule has 0 atom stereocenters. The van der Waals surface area contributed by atoms with Crippen molar-refractivity contribution in [1.82, 2.24) is 24.6 Å².